The van der Waals surface area contributed by atoms with Gasteiger partial charge in [0.15, 0.2) is 0 Å². The number of benzene rings is 1. The molecule has 0 atom stereocenters. The van der Waals surface area contributed by atoms with Crippen LogP contribution in [0.4, 0.5) is 13.2 Å². The van der Waals surface area contributed by atoms with Crippen molar-refractivity contribution in [3.8, 4) is 5.75 Å². The Labute approximate surface area is 113 Å². The molecule has 1 aromatic carbocycles. The minimum Gasteiger partial charge on any atom is -0.490 e. The van der Waals surface area contributed by atoms with E-state index in [0.29, 0.717) is 11.2 Å². The van der Waals surface area contributed by atoms with Crippen LogP contribution in [0.25, 0.3) is 0 Å². The first-order valence-electron chi connectivity index (χ1n) is 6.17. The van der Waals surface area contributed by atoms with Gasteiger partial charge >= 0.3 is 5.51 Å². The summed E-state index contributed by atoms with van der Waals surface area (Å²) in [7, 11) is 0. The molecule has 0 amide bonds. The van der Waals surface area contributed by atoms with Crippen molar-refractivity contribution in [1.29, 1.82) is 0 Å². The molecule has 104 valence electrons. The van der Waals surface area contributed by atoms with Gasteiger partial charge < -0.3 is 10.1 Å². The SMILES string of the molecule is FC(F)(F)Sc1cccc(OC2CC3(CNC3)C2)c1. The van der Waals surface area contributed by atoms with Crippen LogP contribution in [-0.4, -0.2) is 24.7 Å². The zero-order chi connectivity index (χ0) is 13.5. The maximum atomic E-state index is 12.3. The molecule has 1 N–H and O–H groups in total. The second kappa shape index (κ2) is 4.59. The van der Waals surface area contributed by atoms with Crippen LogP contribution >= 0.6 is 11.8 Å². The Morgan fingerprint density at radius 3 is 2.58 bits per heavy atom. The van der Waals surface area contributed by atoms with Crippen molar-refractivity contribution in [3.63, 3.8) is 0 Å². The molecule has 2 nitrogen and oxygen atoms in total. The van der Waals surface area contributed by atoms with Crippen molar-refractivity contribution in [1.82, 2.24) is 5.32 Å². The summed E-state index contributed by atoms with van der Waals surface area (Å²) in [5, 5.41) is 3.24. The zero-order valence-corrected chi connectivity index (χ0v) is 11.0. The monoisotopic (exact) mass is 289 g/mol. The van der Waals surface area contributed by atoms with E-state index < -0.39 is 5.51 Å². The van der Waals surface area contributed by atoms with Gasteiger partial charge in [-0.05, 0) is 42.8 Å². The van der Waals surface area contributed by atoms with Crippen molar-refractivity contribution in [2.75, 3.05) is 13.1 Å². The molecular formula is C13H14F3NOS. The highest BCUT2D eigenvalue weighted by Crippen LogP contribution is 2.46. The van der Waals surface area contributed by atoms with Gasteiger partial charge in [-0.15, -0.1) is 0 Å². The first-order valence-corrected chi connectivity index (χ1v) is 6.99. The Hall–Kier alpha value is -0.880. The van der Waals surface area contributed by atoms with Crippen molar-refractivity contribution in [2.45, 2.75) is 29.3 Å². The van der Waals surface area contributed by atoms with Crippen LogP contribution in [0.5, 0.6) is 5.75 Å². The molecule has 1 aliphatic heterocycles. The molecule has 1 saturated carbocycles. The first kappa shape index (κ1) is 13.1. The van der Waals surface area contributed by atoms with E-state index in [1.165, 1.54) is 12.1 Å². The number of halogens is 3. The Morgan fingerprint density at radius 1 is 1.26 bits per heavy atom. The number of rotatable bonds is 3. The van der Waals surface area contributed by atoms with E-state index in [-0.39, 0.29) is 22.8 Å². The second-order valence-electron chi connectivity index (χ2n) is 5.27. The summed E-state index contributed by atoms with van der Waals surface area (Å²) in [6.07, 6.45) is 2.14. The molecule has 1 aromatic rings. The van der Waals surface area contributed by atoms with Gasteiger partial charge in [0.05, 0.1) is 6.10 Å². The Morgan fingerprint density at radius 2 is 2.00 bits per heavy atom. The molecule has 0 aromatic heterocycles. The van der Waals surface area contributed by atoms with Gasteiger partial charge in [0.1, 0.15) is 5.75 Å². The molecule has 2 fully saturated rings. The minimum atomic E-state index is -4.25. The van der Waals surface area contributed by atoms with Gasteiger partial charge in [-0.3, -0.25) is 0 Å². The van der Waals surface area contributed by atoms with Crippen LogP contribution in [0.15, 0.2) is 29.2 Å². The van der Waals surface area contributed by atoms with E-state index in [9.17, 15) is 13.2 Å². The zero-order valence-electron chi connectivity index (χ0n) is 10.2. The molecule has 3 rings (SSSR count). The maximum absolute atomic E-state index is 12.3. The fourth-order valence-corrected chi connectivity index (χ4v) is 3.28. The van der Waals surface area contributed by atoms with Gasteiger partial charge in [0.25, 0.3) is 0 Å². The van der Waals surface area contributed by atoms with Crippen molar-refractivity contribution < 1.29 is 17.9 Å². The number of hydrogen-bond acceptors (Lipinski definition) is 3. The highest BCUT2D eigenvalue weighted by molar-refractivity contribution is 8.00. The largest absolute Gasteiger partial charge is 0.490 e. The number of nitrogens with one attached hydrogen (secondary N) is 1. The summed E-state index contributed by atoms with van der Waals surface area (Å²) in [5.41, 5.74) is -3.85. The van der Waals surface area contributed by atoms with Gasteiger partial charge in [0.2, 0.25) is 0 Å². The van der Waals surface area contributed by atoms with Crippen molar-refractivity contribution in [2.24, 2.45) is 5.41 Å². The third kappa shape index (κ3) is 3.00. The molecule has 0 radical (unpaired) electrons. The summed E-state index contributed by atoms with van der Waals surface area (Å²) < 4.78 is 42.6. The summed E-state index contributed by atoms with van der Waals surface area (Å²) in [5.74, 6) is 0.529. The van der Waals surface area contributed by atoms with Crippen molar-refractivity contribution in [3.05, 3.63) is 24.3 Å². The van der Waals surface area contributed by atoms with E-state index in [4.69, 9.17) is 4.74 Å². The molecule has 1 saturated heterocycles. The molecule has 1 spiro atoms. The van der Waals surface area contributed by atoms with E-state index in [2.05, 4.69) is 5.32 Å². The normalized spacial score (nSPS) is 21.8. The van der Waals surface area contributed by atoms with Gasteiger partial charge in [-0.2, -0.15) is 13.2 Å². The van der Waals surface area contributed by atoms with Crippen molar-refractivity contribution >= 4 is 11.8 Å². The molecule has 1 heterocycles. The highest BCUT2D eigenvalue weighted by atomic mass is 32.2. The van der Waals surface area contributed by atoms with Gasteiger partial charge in [-0.1, -0.05) is 6.07 Å². The lowest BCUT2D eigenvalue weighted by atomic mass is 9.63. The number of hydrogen-bond donors (Lipinski definition) is 1. The quantitative estimate of drug-likeness (QED) is 0.861. The fourth-order valence-electron chi connectivity index (χ4n) is 2.69. The lowest BCUT2D eigenvalue weighted by Crippen LogP contribution is -2.62. The second-order valence-corrected chi connectivity index (χ2v) is 6.41. The molecule has 0 unspecified atom stereocenters. The van der Waals surface area contributed by atoms with Crippen LogP contribution in [-0.2, 0) is 0 Å². The van der Waals surface area contributed by atoms with Crippen LogP contribution in [0.2, 0.25) is 0 Å². The Kier molecular flexibility index (Phi) is 3.17. The highest BCUT2D eigenvalue weighted by Gasteiger charge is 2.49. The molecule has 1 aliphatic carbocycles. The van der Waals surface area contributed by atoms with Gasteiger partial charge in [-0.25, -0.2) is 0 Å². The first-order chi connectivity index (χ1) is 8.94. The lowest BCUT2D eigenvalue weighted by Gasteiger charge is -2.53. The molecule has 19 heavy (non-hydrogen) atoms. The summed E-state index contributed by atoms with van der Waals surface area (Å²) in [6.45, 7) is 2.08. The summed E-state index contributed by atoms with van der Waals surface area (Å²) >= 11 is -0.107. The van der Waals surface area contributed by atoms with Crippen LogP contribution in [0.3, 0.4) is 0 Å². The molecular weight excluding hydrogens is 275 g/mol. The van der Waals surface area contributed by atoms with Gasteiger partial charge in [0, 0.05) is 23.4 Å². The molecule has 6 heteroatoms. The smallest absolute Gasteiger partial charge is 0.446 e. The third-order valence-corrected chi connectivity index (χ3v) is 4.38. The van der Waals surface area contributed by atoms with Crippen LogP contribution < -0.4 is 10.1 Å². The average molecular weight is 289 g/mol. The topological polar surface area (TPSA) is 21.3 Å². The molecule has 0 bridgehead atoms. The lowest BCUT2D eigenvalue weighted by molar-refractivity contribution is -0.0496. The number of ether oxygens (including phenoxy) is 1. The number of alkyl halides is 3. The predicted octanol–water partition coefficient (Wildman–Crippen LogP) is 3.43. The standard InChI is InChI=1S/C13H14F3NOS/c14-13(15,16)19-11-3-1-2-9(4-11)18-10-5-12(6-10)7-17-8-12/h1-4,10,17H,5-8H2. The third-order valence-electron chi connectivity index (χ3n) is 3.66. The average Bonchev–Trinajstić information content (AvgIpc) is 2.18. The maximum Gasteiger partial charge on any atom is 0.446 e. The summed E-state index contributed by atoms with van der Waals surface area (Å²) in [4.78, 5) is 0.171. The number of thioether (sulfide) groups is 1. The van der Waals surface area contributed by atoms with Crippen LogP contribution in [0.1, 0.15) is 12.8 Å². The Balaban J connectivity index is 1.58. The summed E-state index contributed by atoms with van der Waals surface area (Å²) in [6, 6.07) is 6.22. The van der Waals surface area contributed by atoms with E-state index in [0.717, 1.165) is 25.9 Å². The predicted molar refractivity (Wildman–Crippen MR) is 67.3 cm³/mol. The fraction of sp³-hybridized carbons (Fsp3) is 0.538. The van der Waals surface area contributed by atoms with E-state index in [1.807, 2.05) is 0 Å². The molecule has 2 aliphatic rings. The minimum absolute atomic E-state index is 0.107. The Bertz CT molecular complexity index is 465. The van der Waals surface area contributed by atoms with Crippen LogP contribution in [0, 0.1) is 5.41 Å². The van der Waals surface area contributed by atoms with E-state index in [1.54, 1.807) is 12.1 Å². The van der Waals surface area contributed by atoms with E-state index >= 15 is 0 Å².